The first-order chi connectivity index (χ1) is 13.5. The van der Waals surface area contributed by atoms with Crippen LogP contribution in [0.15, 0.2) is 82.8 Å². The summed E-state index contributed by atoms with van der Waals surface area (Å²) in [6.07, 6.45) is 5.99. The molecule has 2 aromatic carbocycles. The predicted molar refractivity (Wildman–Crippen MR) is 119 cm³/mol. The third-order valence-corrected chi connectivity index (χ3v) is 6.29. The molecule has 154 valence electrons. The van der Waals surface area contributed by atoms with E-state index in [1.165, 1.54) is 22.8 Å². The second-order valence-electron chi connectivity index (χ2n) is 6.35. The van der Waals surface area contributed by atoms with E-state index in [0.29, 0.717) is 23.7 Å². The fourth-order valence-corrected chi connectivity index (χ4v) is 4.66. The molecule has 0 saturated carbocycles. The Balaban J connectivity index is 0.00000300. The Morgan fingerprint density at radius 1 is 1.00 bits per heavy atom. The molecule has 1 aromatic heterocycles. The molecule has 0 aliphatic carbocycles. The van der Waals surface area contributed by atoms with E-state index in [-0.39, 0.29) is 29.4 Å². The van der Waals surface area contributed by atoms with Crippen molar-refractivity contribution in [2.24, 2.45) is 5.73 Å². The number of sulfonamides is 1. The molecule has 0 saturated heterocycles. The molecule has 0 aliphatic rings. The zero-order valence-electron chi connectivity index (χ0n) is 15.8. The number of hydrogen-bond donors (Lipinski definition) is 2. The number of aromatic nitrogens is 1. The summed E-state index contributed by atoms with van der Waals surface area (Å²) in [6, 6.07) is 16.2. The van der Waals surface area contributed by atoms with Crippen LogP contribution < -0.4 is 11.3 Å². The first kappa shape index (κ1) is 22.7. The number of aryl methyl sites for hydroxylation is 1. The van der Waals surface area contributed by atoms with E-state index in [4.69, 9.17) is 5.73 Å². The minimum atomic E-state index is -3.83. The second-order valence-corrected chi connectivity index (χ2v) is 8.21. The molecule has 1 heterocycles. The van der Waals surface area contributed by atoms with Gasteiger partial charge in [-0.2, -0.15) is 0 Å². The number of nitrogens with one attached hydrogen (secondary N) is 1. The maximum absolute atomic E-state index is 13.3. The first-order valence-electron chi connectivity index (χ1n) is 9.07. The van der Waals surface area contributed by atoms with Crippen LogP contribution in [0.4, 0.5) is 0 Å². The van der Waals surface area contributed by atoms with Crippen molar-refractivity contribution >= 4 is 33.2 Å². The number of rotatable bonds is 8. The number of H-pyrrole nitrogens is 1. The molecular weight excluding hydrogens is 410 g/mol. The SMILES string of the molecule is Cl.NCC=CN(CCCc1ccccc1)S(=O)(=O)c1cccc2c(=O)[nH]ccc12. The zero-order chi connectivity index (χ0) is 20.0. The minimum Gasteiger partial charge on any atom is -0.329 e. The molecule has 0 spiro atoms. The largest absolute Gasteiger partial charge is 0.329 e. The van der Waals surface area contributed by atoms with Crippen molar-refractivity contribution in [1.82, 2.24) is 9.29 Å². The summed E-state index contributed by atoms with van der Waals surface area (Å²) < 4.78 is 28.0. The van der Waals surface area contributed by atoms with Gasteiger partial charge in [-0.25, -0.2) is 8.42 Å². The van der Waals surface area contributed by atoms with E-state index in [2.05, 4.69) is 4.98 Å². The lowest BCUT2D eigenvalue weighted by atomic mass is 10.1. The lowest BCUT2D eigenvalue weighted by Gasteiger charge is -2.21. The Hall–Kier alpha value is -2.61. The maximum Gasteiger partial charge on any atom is 0.264 e. The van der Waals surface area contributed by atoms with Gasteiger partial charge in [0.2, 0.25) is 0 Å². The van der Waals surface area contributed by atoms with Crippen LogP contribution in [-0.2, 0) is 16.4 Å². The summed E-state index contributed by atoms with van der Waals surface area (Å²) in [5, 5.41) is 0.746. The van der Waals surface area contributed by atoms with E-state index in [0.717, 1.165) is 12.0 Å². The highest BCUT2D eigenvalue weighted by Crippen LogP contribution is 2.24. The highest BCUT2D eigenvalue weighted by molar-refractivity contribution is 7.89. The molecule has 8 heteroatoms. The van der Waals surface area contributed by atoms with Crippen LogP contribution in [0.25, 0.3) is 10.8 Å². The number of hydrogen-bond acceptors (Lipinski definition) is 4. The molecule has 3 N–H and O–H groups in total. The van der Waals surface area contributed by atoms with Gasteiger partial charge in [-0.3, -0.25) is 9.10 Å². The Bertz CT molecular complexity index is 1130. The van der Waals surface area contributed by atoms with Crippen LogP contribution in [0.3, 0.4) is 0 Å². The lowest BCUT2D eigenvalue weighted by molar-refractivity contribution is 0.489. The highest BCUT2D eigenvalue weighted by atomic mass is 35.5. The first-order valence-corrected chi connectivity index (χ1v) is 10.5. The van der Waals surface area contributed by atoms with Gasteiger partial charge < -0.3 is 10.7 Å². The van der Waals surface area contributed by atoms with Crippen LogP contribution in [-0.4, -0.2) is 30.8 Å². The van der Waals surface area contributed by atoms with E-state index in [1.54, 1.807) is 24.3 Å². The molecule has 0 unspecified atom stereocenters. The van der Waals surface area contributed by atoms with Crippen molar-refractivity contribution in [1.29, 1.82) is 0 Å². The molecule has 3 aromatic rings. The van der Waals surface area contributed by atoms with Crippen LogP contribution in [0.1, 0.15) is 12.0 Å². The molecule has 0 atom stereocenters. The number of benzene rings is 2. The molecule has 6 nitrogen and oxygen atoms in total. The zero-order valence-corrected chi connectivity index (χ0v) is 17.5. The van der Waals surface area contributed by atoms with Crippen molar-refractivity contribution < 1.29 is 8.42 Å². The van der Waals surface area contributed by atoms with Gasteiger partial charge >= 0.3 is 0 Å². The summed E-state index contributed by atoms with van der Waals surface area (Å²) in [4.78, 5) is 14.7. The fraction of sp³-hybridized carbons (Fsp3) is 0.190. The monoisotopic (exact) mass is 433 g/mol. The second kappa shape index (κ2) is 10.2. The summed E-state index contributed by atoms with van der Waals surface area (Å²) >= 11 is 0. The molecule has 0 bridgehead atoms. The van der Waals surface area contributed by atoms with Gasteiger partial charge in [-0.15, -0.1) is 12.4 Å². The van der Waals surface area contributed by atoms with Crippen LogP contribution >= 0.6 is 12.4 Å². The van der Waals surface area contributed by atoms with E-state index in [9.17, 15) is 13.2 Å². The van der Waals surface area contributed by atoms with Gasteiger partial charge in [-0.1, -0.05) is 42.5 Å². The van der Waals surface area contributed by atoms with Crippen LogP contribution in [0.2, 0.25) is 0 Å². The topological polar surface area (TPSA) is 96.3 Å². The molecule has 0 fully saturated rings. The van der Waals surface area contributed by atoms with Gasteiger partial charge in [-0.05, 0) is 36.6 Å². The summed E-state index contributed by atoms with van der Waals surface area (Å²) in [7, 11) is -3.83. The number of aromatic amines is 1. The Labute approximate surface area is 176 Å². The Morgan fingerprint density at radius 3 is 2.48 bits per heavy atom. The van der Waals surface area contributed by atoms with Gasteiger partial charge in [0.25, 0.3) is 15.6 Å². The molecule has 0 amide bonds. The van der Waals surface area contributed by atoms with Gasteiger partial charge in [0.1, 0.15) is 0 Å². The van der Waals surface area contributed by atoms with Crippen LogP contribution in [0.5, 0.6) is 0 Å². The van der Waals surface area contributed by atoms with Gasteiger partial charge in [0.05, 0.1) is 4.90 Å². The quantitative estimate of drug-likeness (QED) is 0.570. The number of nitrogens with zero attached hydrogens (tertiary/aromatic N) is 1. The number of halogens is 1. The average Bonchev–Trinajstić information content (AvgIpc) is 2.71. The number of nitrogens with two attached hydrogens (primary N) is 1. The fourth-order valence-electron chi connectivity index (χ4n) is 3.08. The molecule has 3 rings (SSSR count). The normalized spacial score (nSPS) is 11.5. The summed E-state index contributed by atoms with van der Waals surface area (Å²) in [5.74, 6) is 0. The average molecular weight is 434 g/mol. The summed E-state index contributed by atoms with van der Waals surface area (Å²) in [5.41, 5.74) is 6.37. The molecule has 29 heavy (non-hydrogen) atoms. The number of pyridine rings is 1. The number of fused-ring (bicyclic) bond motifs is 1. The minimum absolute atomic E-state index is 0. The van der Waals surface area contributed by atoms with E-state index < -0.39 is 10.0 Å². The standard InChI is InChI=1S/C21H23N3O3S.ClH/c22-13-6-16-24(15-5-9-17-7-2-1-3-8-17)28(26,27)20-11-4-10-19-18(20)12-14-23-21(19)25;/h1-4,6-8,10-12,14,16H,5,9,13,15,22H2,(H,23,25);1H. The van der Waals surface area contributed by atoms with Crippen molar-refractivity contribution in [2.45, 2.75) is 17.7 Å². The van der Waals surface area contributed by atoms with Gasteiger partial charge in [0.15, 0.2) is 0 Å². The van der Waals surface area contributed by atoms with Crippen molar-refractivity contribution in [3.05, 3.63) is 89.0 Å². The highest BCUT2D eigenvalue weighted by Gasteiger charge is 2.23. The van der Waals surface area contributed by atoms with Crippen molar-refractivity contribution in [2.75, 3.05) is 13.1 Å². The summed E-state index contributed by atoms with van der Waals surface area (Å²) in [6.45, 7) is 0.549. The molecule has 0 radical (unpaired) electrons. The third kappa shape index (κ3) is 5.26. The maximum atomic E-state index is 13.3. The van der Waals surface area contributed by atoms with E-state index in [1.807, 2.05) is 30.3 Å². The van der Waals surface area contributed by atoms with E-state index >= 15 is 0 Å². The Kier molecular flexibility index (Phi) is 8.01. The molecular formula is C21H24ClN3O3S. The third-order valence-electron chi connectivity index (χ3n) is 4.46. The van der Waals surface area contributed by atoms with Gasteiger partial charge in [0, 0.05) is 36.3 Å². The smallest absolute Gasteiger partial charge is 0.264 e. The Morgan fingerprint density at radius 2 is 1.76 bits per heavy atom. The van der Waals surface area contributed by atoms with Crippen LogP contribution in [0, 0.1) is 0 Å². The van der Waals surface area contributed by atoms with Crippen molar-refractivity contribution in [3.8, 4) is 0 Å². The van der Waals surface area contributed by atoms with Crippen molar-refractivity contribution in [3.63, 3.8) is 0 Å². The predicted octanol–water partition coefficient (Wildman–Crippen LogP) is 3.05. The molecule has 0 aliphatic heterocycles. The lowest BCUT2D eigenvalue weighted by Crippen LogP contribution is -2.28.